The molecule has 1 heterocycles. The Morgan fingerprint density at radius 1 is 1.20 bits per heavy atom. The van der Waals surface area contributed by atoms with Crippen molar-refractivity contribution in [2.45, 2.75) is 19.3 Å². The number of hydrogen-bond acceptors (Lipinski definition) is 1. The van der Waals surface area contributed by atoms with Gasteiger partial charge in [-0.25, -0.2) is 0 Å². The number of rotatable bonds is 2. The average molecular weight is 206 g/mol. The van der Waals surface area contributed by atoms with Crippen LogP contribution in [0.15, 0.2) is 12.7 Å². The molecule has 0 spiro atoms. The van der Waals surface area contributed by atoms with E-state index < -0.39 is 0 Å². The van der Waals surface area contributed by atoms with Gasteiger partial charge in [-0.15, -0.1) is 23.6 Å². The van der Waals surface area contributed by atoms with E-state index in [9.17, 15) is 0 Å². The second kappa shape index (κ2) is 5.93. The van der Waals surface area contributed by atoms with Crippen LogP contribution in [0.1, 0.15) is 19.3 Å². The molecule has 1 nitrogen and oxygen atoms in total. The van der Waals surface area contributed by atoms with Gasteiger partial charge in [0, 0.05) is 6.54 Å². The van der Waals surface area contributed by atoms with Crippen molar-refractivity contribution >= 4 is 17.0 Å². The van der Waals surface area contributed by atoms with Gasteiger partial charge in [0.1, 0.15) is 0 Å². The lowest BCUT2D eigenvalue weighted by atomic mass is 10.1. The summed E-state index contributed by atoms with van der Waals surface area (Å²) in [5, 5.41) is 0. The van der Waals surface area contributed by atoms with Gasteiger partial charge in [0.2, 0.25) is 0 Å². The van der Waals surface area contributed by atoms with Crippen LogP contribution in [-0.2, 0) is 0 Å². The fourth-order valence-electron chi connectivity index (χ4n) is 1.32. The van der Waals surface area contributed by atoms with Gasteiger partial charge in [0.05, 0.1) is 0 Å². The Morgan fingerprint density at radius 2 is 1.80 bits per heavy atom. The highest BCUT2D eigenvalue weighted by Gasteiger charge is 2.06. The van der Waals surface area contributed by atoms with Crippen molar-refractivity contribution < 1.29 is 0 Å². The minimum atomic E-state index is 0. The minimum Gasteiger partial charge on any atom is -0.300 e. The summed E-state index contributed by atoms with van der Waals surface area (Å²) < 4.78 is 0. The summed E-state index contributed by atoms with van der Waals surface area (Å²) in [5.74, 6) is 0. The van der Waals surface area contributed by atoms with Crippen LogP contribution in [0.4, 0.5) is 0 Å². The first-order valence-corrected chi connectivity index (χ1v) is 3.77. The van der Waals surface area contributed by atoms with Gasteiger partial charge in [-0.3, -0.25) is 4.90 Å². The first-order valence-electron chi connectivity index (χ1n) is 3.77. The van der Waals surface area contributed by atoms with Gasteiger partial charge >= 0.3 is 0 Å². The summed E-state index contributed by atoms with van der Waals surface area (Å²) in [5.41, 5.74) is 0. The lowest BCUT2D eigenvalue weighted by molar-refractivity contribution is 0.251. The average Bonchev–Trinajstić information content (AvgIpc) is 1.91. The van der Waals surface area contributed by atoms with E-state index in [2.05, 4.69) is 11.5 Å². The third-order valence-electron chi connectivity index (χ3n) is 1.84. The molecule has 1 saturated heterocycles. The van der Waals surface area contributed by atoms with Crippen molar-refractivity contribution in [2.24, 2.45) is 0 Å². The van der Waals surface area contributed by atoms with Gasteiger partial charge in [0.15, 0.2) is 0 Å². The van der Waals surface area contributed by atoms with E-state index in [-0.39, 0.29) is 17.0 Å². The zero-order valence-electron chi connectivity index (χ0n) is 6.38. The van der Waals surface area contributed by atoms with Crippen molar-refractivity contribution in [1.82, 2.24) is 4.90 Å². The van der Waals surface area contributed by atoms with Gasteiger partial charge < -0.3 is 0 Å². The van der Waals surface area contributed by atoms with E-state index in [1.165, 1.54) is 32.4 Å². The van der Waals surface area contributed by atoms with Crippen molar-refractivity contribution in [3.05, 3.63) is 12.7 Å². The summed E-state index contributed by atoms with van der Waals surface area (Å²) in [7, 11) is 0. The van der Waals surface area contributed by atoms with Gasteiger partial charge in [-0.2, -0.15) is 0 Å². The Hall–Kier alpha value is 0.180. The predicted octanol–water partition coefficient (Wildman–Crippen LogP) is 2.24. The molecule has 0 N–H and O–H groups in total. The SMILES string of the molecule is Br.C=CCN1CCCCC1. The van der Waals surface area contributed by atoms with Crippen molar-refractivity contribution in [3.8, 4) is 0 Å². The number of halogens is 1. The highest BCUT2D eigenvalue weighted by Crippen LogP contribution is 2.07. The number of piperidine rings is 1. The predicted molar refractivity (Wildman–Crippen MR) is 50.8 cm³/mol. The summed E-state index contributed by atoms with van der Waals surface area (Å²) >= 11 is 0. The Labute approximate surface area is 73.9 Å². The molecule has 0 atom stereocenters. The van der Waals surface area contributed by atoms with Crippen molar-refractivity contribution in [2.75, 3.05) is 19.6 Å². The van der Waals surface area contributed by atoms with Crippen LogP contribution in [0.5, 0.6) is 0 Å². The molecule has 0 unspecified atom stereocenters. The van der Waals surface area contributed by atoms with Crippen LogP contribution in [-0.4, -0.2) is 24.5 Å². The van der Waals surface area contributed by atoms with Crippen molar-refractivity contribution in [3.63, 3.8) is 0 Å². The zero-order valence-corrected chi connectivity index (χ0v) is 8.10. The monoisotopic (exact) mass is 205 g/mol. The highest BCUT2D eigenvalue weighted by molar-refractivity contribution is 8.93. The Balaban J connectivity index is 0.000000810. The third kappa shape index (κ3) is 3.37. The van der Waals surface area contributed by atoms with Crippen LogP contribution in [0, 0.1) is 0 Å². The molecule has 0 aromatic carbocycles. The molecule has 1 aliphatic rings. The van der Waals surface area contributed by atoms with Crippen LogP contribution in [0.2, 0.25) is 0 Å². The van der Waals surface area contributed by atoms with E-state index in [0.29, 0.717) is 0 Å². The topological polar surface area (TPSA) is 3.24 Å². The van der Waals surface area contributed by atoms with Gasteiger partial charge in [-0.05, 0) is 25.9 Å². The maximum Gasteiger partial charge on any atom is 0.0160 e. The zero-order chi connectivity index (χ0) is 6.53. The second-order valence-electron chi connectivity index (χ2n) is 2.65. The quantitative estimate of drug-likeness (QED) is 0.626. The molecule has 0 bridgehead atoms. The normalized spacial score (nSPS) is 19.6. The lowest BCUT2D eigenvalue weighted by Crippen LogP contribution is -2.29. The van der Waals surface area contributed by atoms with Crippen molar-refractivity contribution in [1.29, 1.82) is 0 Å². The molecule has 1 rings (SSSR count). The molecule has 0 amide bonds. The molecule has 60 valence electrons. The Morgan fingerprint density at radius 3 is 2.30 bits per heavy atom. The second-order valence-corrected chi connectivity index (χ2v) is 2.65. The summed E-state index contributed by atoms with van der Waals surface area (Å²) in [6, 6.07) is 0. The van der Waals surface area contributed by atoms with E-state index in [4.69, 9.17) is 0 Å². The molecular weight excluding hydrogens is 190 g/mol. The molecule has 10 heavy (non-hydrogen) atoms. The Kier molecular flexibility index (Phi) is 6.03. The first-order chi connectivity index (χ1) is 4.43. The fraction of sp³-hybridized carbons (Fsp3) is 0.750. The summed E-state index contributed by atoms with van der Waals surface area (Å²) in [4.78, 5) is 2.45. The molecule has 1 aliphatic heterocycles. The van der Waals surface area contributed by atoms with Crippen LogP contribution in [0.25, 0.3) is 0 Å². The molecule has 0 aliphatic carbocycles. The molecule has 0 saturated carbocycles. The molecule has 0 aromatic rings. The number of nitrogens with zero attached hydrogens (tertiary/aromatic N) is 1. The summed E-state index contributed by atoms with van der Waals surface area (Å²) in [6.45, 7) is 7.36. The van der Waals surface area contributed by atoms with Crippen LogP contribution in [0.3, 0.4) is 0 Å². The van der Waals surface area contributed by atoms with Crippen LogP contribution >= 0.6 is 17.0 Å². The maximum absolute atomic E-state index is 3.71. The smallest absolute Gasteiger partial charge is 0.0160 e. The largest absolute Gasteiger partial charge is 0.300 e. The van der Waals surface area contributed by atoms with E-state index >= 15 is 0 Å². The lowest BCUT2D eigenvalue weighted by Gasteiger charge is -2.24. The number of hydrogen-bond donors (Lipinski definition) is 0. The van der Waals surface area contributed by atoms with Crippen LogP contribution < -0.4 is 0 Å². The molecular formula is C8H16BrN. The first kappa shape index (κ1) is 10.2. The molecule has 2 heteroatoms. The number of likely N-dealkylation sites (tertiary alicyclic amines) is 1. The molecule has 0 aromatic heterocycles. The molecule has 1 fully saturated rings. The van der Waals surface area contributed by atoms with E-state index in [1.807, 2.05) is 6.08 Å². The van der Waals surface area contributed by atoms with Gasteiger partial charge in [-0.1, -0.05) is 12.5 Å². The summed E-state index contributed by atoms with van der Waals surface area (Å²) in [6.07, 6.45) is 6.18. The molecule has 0 radical (unpaired) electrons. The highest BCUT2D eigenvalue weighted by atomic mass is 79.9. The fourth-order valence-corrected chi connectivity index (χ4v) is 1.32. The van der Waals surface area contributed by atoms with E-state index in [0.717, 1.165) is 6.54 Å². The Bertz CT molecular complexity index is 87.3. The standard InChI is InChI=1S/C8H15N.BrH/c1-2-6-9-7-4-3-5-8-9;/h2H,1,3-8H2;1H. The van der Waals surface area contributed by atoms with Gasteiger partial charge in [0.25, 0.3) is 0 Å². The minimum absolute atomic E-state index is 0. The maximum atomic E-state index is 3.71. The third-order valence-corrected chi connectivity index (χ3v) is 1.84. The van der Waals surface area contributed by atoms with E-state index in [1.54, 1.807) is 0 Å².